The van der Waals surface area contributed by atoms with Crippen LogP contribution in [0.4, 0.5) is 5.69 Å². The first-order chi connectivity index (χ1) is 13.9. The molecule has 2 aromatic rings. The van der Waals surface area contributed by atoms with Gasteiger partial charge in [-0.1, -0.05) is 24.3 Å². The Bertz CT molecular complexity index is 1000. The molecule has 0 unspecified atom stereocenters. The van der Waals surface area contributed by atoms with Gasteiger partial charge in [0.15, 0.2) is 5.17 Å². The second-order valence-electron chi connectivity index (χ2n) is 7.82. The number of amidine groups is 1. The number of amides is 1. The molecule has 1 amide bonds. The van der Waals surface area contributed by atoms with Crippen LogP contribution in [0, 0.1) is 13.8 Å². The van der Waals surface area contributed by atoms with Crippen LogP contribution in [0.5, 0.6) is 5.75 Å². The van der Waals surface area contributed by atoms with Gasteiger partial charge in [0, 0.05) is 6.04 Å². The molecule has 4 nitrogen and oxygen atoms in total. The Morgan fingerprint density at radius 2 is 1.93 bits per heavy atom. The van der Waals surface area contributed by atoms with Crippen molar-refractivity contribution in [1.82, 2.24) is 0 Å². The topological polar surface area (TPSA) is 41.9 Å². The van der Waals surface area contributed by atoms with E-state index < -0.39 is 0 Å². The van der Waals surface area contributed by atoms with Crippen LogP contribution < -0.4 is 9.64 Å². The fraction of sp³-hybridized carbons (Fsp3) is 0.333. The molecule has 0 atom stereocenters. The van der Waals surface area contributed by atoms with Gasteiger partial charge >= 0.3 is 0 Å². The first-order valence-electron chi connectivity index (χ1n) is 10.1. The number of thioether (sulfide) groups is 1. The highest BCUT2D eigenvalue weighted by molar-refractivity contribution is 8.19. The number of nitrogens with zero attached hydrogens (tertiary/aromatic N) is 2. The van der Waals surface area contributed by atoms with Crippen molar-refractivity contribution in [2.24, 2.45) is 4.99 Å². The molecule has 1 saturated heterocycles. The second-order valence-corrected chi connectivity index (χ2v) is 8.83. The molecule has 2 aromatic carbocycles. The van der Waals surface area contributed by atoms with Crippen LogP contribution in [0.1, 0.15) is 42.5 Å². The van der Waals surface area contributed by atoms with Crippen LogP contribution in [-0.2, 0) is 11.2 Å². The van der Waals surface area contributed by atoms with Crippen LogP contribution in [0.3, 0.4) is 0 Å². The number of aliphatic imine (C=N–C) groups is 1. The average molecular weight is 407 g/mol. The molecule has 2 aliphatic rings. The summed E-state index contributed by atoms with van der Waals surface area (Å²) in [5.74, 6) is 0.948. The third-order valence-electron chi connectivity index (χ3n) is 5.07. The lowest BCUT2D eigenvalue weighted by molar-refractivity contribution is -0.113. The number of para-hydroxylation sites is 1. The second kappa shape index (κ2) is 8.07. The molecule has 0 N–H and O–H groups in total. The number of aryl methyl sites for hydroxylation is 3. The molecule has 0 spiro atoms. The van der Waals surface area contributed by atoms with E-state index >= 15 is 0 Å². The molecule has 0 radical (unpaired) electrons. The van der Waals surface area contributed by atoms with Gasteiger partial charge in [0.2, 0.25) is 0 Å². The van der Waals surface area contributed by atoms with E-state index in [1.807, 2.05) is 64.1 Å². The summed E-state index contributed by atoms with van der Waals surface area (Å²) >= 11 is 1.46. The van der Waals surface area contributed by atoms with Gasteiger partial charge in [0.05, 0.1) is 17.2 Å². The number of carbonyl (C=O) groups excluding carboxylic acids is 1. The van der Waals surface area contributed by atoms with E-state index in [0.29, 0.717) is 4.91 Å². The highest BCUT2D eigenvalue weighted by Gasteiger charge is 2.36. The molecule has 2 heterocycles. The minimum absolute atomic E-state index is 0.0132. The first-order valence-corrected chi connectivity index (χ1v) is 10.9. The predicted octanol–water partition coefficient (Wildman–Crippen LogP) is 5.51. The summed E-state index contributed by atoms with van der Waals surface area (Å²) < 4.78 is 5.71. The van der Waals surface area contributed by atoms with E-state index in [9.17, 15) is 4.79 Å². The van der Waals surface area contributed by atoms with E-state index in [1.54, 1.807) is 4.90 Å². The van der Waals surface area contributed by atoms with Gasteiger partial charge in [-0.15, -0.1) is 0 Å². The zero-order valence-corrected chi connectivity index (χ0v) is 18.2. The number of benzene rings is 2. The molecular weight excluding hydrogens is 380 g/mol. The third-order valence-corrected chi connectivity index (χ3v) is 6.05. The van der Waals surface area contributed by atoms with Crippen molar-refractivity contribution < 1.29 is 9.53 Å². The molecule has 5 heteroatoms. The Kier molecular flexibility index (Phi) is 5.50. The number of hydrogen-bond donors (Lipinski definition) is 0. The quantitative estimate of drug-likeness (QED) is 0.631. The lowest BCUT2D eigenvalue weighted by Gasteiger charge is -2.21. The number of carbonyl (C=O) groups is 1. The Hall–Kier alpha value is -2.53. The molecule has 150 valence electrons. The molecule has 4 rings (SSSR count). The Morgan fingerprint density at radius 3 is 2.66 bits per heavy atom. The van der Waals surface area contributed by atoms with Gasteiger partial charge in [-0.3, -0.25) is 14.7 Å². The summed E-state index contributed by atoms with van der Waals surface area (Å²) in [6, 6.07) is 12.4. The van der Waals surface area contributed by atoms with Crippen molar-refractivity contribution in [1.29, 1.82) is 0 Å². The van der Waals surface area contributed by atoms with Crippen molar-refractivity contribution in [2.45, 2.75) is 46.6 Å². The van der Waals surface area contributed by atoms with E-state index in [1.165, 1.54) is 17.3 Å². The van der Waals surface area contributed by atoms with Crippen molar-refractivity contribution >= 4 is 34.6 Å². The number of fused-ring (bicyclic) bond motifs is 1. The average Bonchev–Trinajstić information content (AvgIpc) is 2.96. The Morgan fingerprint density at radius 1 is 1.17 bits per heavy atom. The molecular formula is C24H26N2O2S. The molecule has 1 fully saturated rings. The minimum atomic E-state index is -0.0132. The molecule has 0 saturated carbocycles. The van der Waals surface area contributed by atoms with E-state index in [4.69, 9.17) is 9.73 Å². The van der Waals surface area contributed by atoms with Gasteiger partial charge in [-0.05, 0) is 92.8 Å². The SMILES string of the molecule is Cc1cccc(C)c1N1C(=O)/C(=C/c2ccc3c(c2)CCCO3)SC1=NC(C)C. The van der Waals surface area contributed by atoms with Gasteiger partial charge in [0.25, 0.3) is 5.91 Å². The predicted molar refractivity (Wildman–Crippen MR) is 122 cm³/mol. The summed E-state index contributed by atoms with van der Waals surface area (Å²) in [7, 11) is 0. The molecule has 0 aromatic heterocycles. The smallest absolute Gasteiger partial charge is 0.271 e. The van der Waals surface area contributed by atoms with Crippen LogP contribution in [0.15, 0.2) is 46.3 Å². The maximum Gasteiger partial charge on any atom is 0.271 e. The molecule has 0 bridgehead atoms. The van der Waals surface area contributed by atoms with Crippen molar-refractivity contribution in [3.05, 3.63) is 63.6 Å². The summed E-state index contributed by atoms with van der Waals surface area (Å²) in [6.45, 7) is 8.93. The number of anilines is 1. The van der Waals surface area contributed by atoms with Gasteiger partial charge < -0.3 is 4.74 Å². The van der Waals surface area contributed by atoms with Crippen LogP contribution >= 0.6 is 11.8 Å². The number of hydrogen-bond acceptors (Lipinski definition) is 4. The highest BCUT2D eigenvalue weighted by Crippen LogP contribution is 2.39. The number of ether oxygens (including phenoxy) is 1. The van der Waals surface area contributed by atoms with Crippen LogP contribution in [0.25, 0.3) is 6.08 Å². The summed E-state index contributed by atoms with van der Waals surface area (Å²) in [5.41, 5.74) is 5.32. The minimum Gasteiger partial charge on any atom is -0.493 e. The highest BCUT2D eigenvalue weighted by atomic mass is 32.2. The fourth-order valence-corrected chi connectivity index (χ4v) is 4.86. The number of rotatable bonds is 3. The molecule has 0 aliphatic carbocycles. The molecule has 29 heavy (non-hydrogen) atoms. The van der Waals surface area contributed by atoms with Crippen LogP contribution in [-0.4, -0.2) is 23.7 Å². The Balaban J connectivity index is 1.75. The summed E-state index contributed by atoms with van der Waals surface area (Å²) in [4.78, 5) is 20.7. The van der Waals surface area contributed by atoms with Crippen molar-refractivity contribution in [3.63, 3.8) is 0 Å². The monoisotopic (exact) mass is 406 g/mol. The maximum absolute atomic E-state index is 13.4. The Labute approximate surface area is 176 Å². The van der Waals surface area contributed by atoms with Crippen LogP contribution in [0.2, 0.25) is 0 Å². The third kappa shape index (κ3) is 3.97. The fourth-order valence-electron chi connectivity index (χ4n) is 3.76. The largest absolute Gasteiger partial charge is 0.493 e. The standard InChI is InChI=1S/C24H26N2O2S/c1-15(2)25-24-26(22-16(3)7-5-8-17(22)4)23(27)21(29-24)14-18-10-11-20-19(13-18)9-6-12-28-20/h5,7-8,10-11,13-15H,6,9,12H2,1-4H3/b21-14-,25-24?. The van der Waals surface area contributed by atoms with Gasteiger partial charge in [-0.25, -0.2) is 0 Å². The van der Waals surface area contributed by atoms with Crippen molar-refractivity contribution in [2.75, 3.05) is 11.5 Å². The van der Waals surface area contributed by atoms with Crippen molar-refractivity contribution in [3.8, 4) is 5.75 Å². The molecule has 2 aliphatic heterocycles. The van der Waals surface area contributed by atoms with E-state index in [-0.39, 0.29) is 11.9 Å². The lowest BCUT2D eigenvalue weighted by Crippen LogP contribution is -2.30. The lowest BCUT2D eigenvalue weighted by atomic mass is 10.0. The summed E-state index contributed by atoms with van der Waals surface area (Å²) in [5, 5.41) is 0.745. The normalized spacial score (nSPS) is 19.2. The summed E-state index contributed by atoms with van der Waals surface area (Å²) in [6.07, 6.45) is 4.03. The zero-order valence-electron chi connectivity index (χ0n) is 17.4. The van der Waals surface area contributed by atoms with E-state index in [0.717, 1.165) is 52.7 Å². The van der Waals surface area contributed by atoms with Gasteiger partial charge in [-0.2, -0.15) is 0 Å². The van der Waals surface area contributed by atoms with Gasteiger partial charge in [0.1, 0.15) is 5.75 Å². The van der Waals surface area contributed by atoms with E-state index in [2.05, 4.69) is 6.07 Å². The maximum atomic E-state index is 13.4. The zero-order chi connectivity index (χ0) is 20.5. The first kappa shape index (κ1) is 19.8.